The fraction of sp³-hybridized carbons (Fsp3) is 0.538. The molecule has 1 amide bonds. The normalized spacial score (nSPS) is 12.8. The first-order valence-electron chi connectivity index (χ1n) is 5.99. The fourth-order valence-electron chi connectivity index (χ4n) is 1.84. The Hall–Kier alpha value is -1.49. The number of carbonyl (C=O) groups is 1. The molecule has 1 N–H and O–H groups in total. The maximum Gasteiger partial charge on any atom is 0.270 e. The number of aromatic nitrogens is 1. The highest BCUT2D eigenvalue weighted by atomic mass is 19.1. The van der Waals surface area contributed by atoms with Crippen LogP contribution in [-0.2, 0) is 0 Å². The van der Waals surface area contributed by atoms with Crippen LogP contribution in [-0.4, -0.2) is 42.5 Å². The molecule has 1 atom stereocenters. The van der Waals surface area contributed by atoms with Crippen molar-refractivity contribution >= 4 is 5.91 Å². The Balaban J connectivity index is 2.60. The standard InChI is InChI=1S/C13H20FN3O/c1-9(2)11(17(3)4)8-15-13(18)10-6-5-7-12(14)16-10/h5-7,9,11H,8H2,1-4H3,(H,15,18). The van der Waals surface area contributed by atoms with Gasteiger partial charge in [-0.15, -0.1) is 0 Å². The van der Waals surface area contributed by atoms with Gasteiger partial charge in [0.2, 0.25) is 5.95 Å². The van der Waals surface area contributed by atoms with Crippen molar-refractivity contribution in [3.63, 3.8) is 0 Å². The Kier molecular flexibility index (Phi) is 5.22. The molecule has 18 heavy (non-hydrogen) atoms. The number of halogens is 1. The zero-order valence-corrected chi connectivity index (χ0v) is 11.3. The number of hydrogen-bond donors (Lipinski definition) is 1. The first kappa shape index (κ1) is 14.6. The molecule has 1 heterocycles. The Morgan fingerprint density at radius 3 is 2.61 bits per heavy atom. The highest BCUT2D eigenvalue weighted by molar-refractivity contribution is 5.92. The lowest BCUT2D eigenvalue weighted by Gasteiger charge is -2.27. The molecule has 4 nitrogen and oxygen atoms in total. The van der Waals surface area contributed by atoms with E-state index in [-0.39, 0.29) is 17.6 Å². The van der Waals surface area contributed by atoms with Crippen molar-refractivity contribution in [1.29, 1.82) is 0 Å². The van der Waals surface area contributed by atoms with Gasteiger partial charge in [-0.25, -0.2) is 4.98 Å². The summed E-state index contributed by atoms with van der Waals surface area (Å²) in [5, 5.41) is 2.78. The van der Waals surface area contributed by atoms with Gasteiger partial charge in [0.15, 0.2) is 0 Å². The van der Waals surface area contributed by atoms with Crippen LogP contribution in [0.2, 0.25) is 0 Å². The Labute approximate surface area is 107 Å². The molecule has 1 unspecified atom stereocenters. The van der Waals surface area contributed by atoms with Crippen molar-refractivity contribution < 1.29 is 9.18 Å². The van der Waals surface area contributed by atoms with Gasteiger partial charge in [0.05, 0.1) is 0 Å². The minimum absolute atomic E-state index is 0.108. The number of likely N-dealkylation sites (N-methyl/N-ethyl adjacent to an activating group) is 1. The molecule has 0 saturated carbocycles. The van der Waals surface area contributed by atoms with Crippen molar-refractivity contribution in [1.82, 2.24) is 15.2 Å². The van der Waals surface area contributed by atoms with Gasteiger partial charge in [0.25, 0.3) is 5.91 Å². The van der Waals surface area contributed by atoms with Crippen LogP contribution in [0.15, 0.2) is 18.2 Å². The van der Waals surface area contributed by atoms with E-state index in [1.165, 1.54) is 18.2 Å². The lowest BCUT2D eigenvalue weighted by atomic mass is 10.0. The molecule has 1 rings (SSSR count). The number of nitrogens with zero attached hydrogens (tertiary/aromatic N) is 2. The molecule has 0 aliphatic carbocycles. The number of nitrogens with one attached hydrogen (secondary N) is 1. The number of amides is 1. The number of hydrogen-bond acceptors (Lipinski definition) is 3. The fourth-order valence-corrected chi connectivity index (χ4v) is 1.84. The van der Waals surface area contributed by atoms with Crippen LogP contribution in [0.4, 0.5) is 4.39 Å². The number of pyridine rings is 1. The van der Waals surface area contributed by atoms with Crippen LogP contribution in [0.1, 0.15) is 24.3 Å². The molecule has 0 aliphatic rings. The van der Waals surface area contributed by atoms with E-state index < -0.39 is 5.95 Å². The zero-order valence-electron chi connectivity index (χ0n) is 11.3. The molecule has 0 aromatic carbocycles. The number of rotatable bonds is 5. The van der Waals surface area contributed by atoms with Crippen molar-refractivity contribution in [2.24, 2.45) is 5.92 Å². The monoisotopic (exact) mass is 253 g/mol. The molecule has 0 radical (unpaired) electrons. The van der Waals surface area contributed by atoms with E-state index in [1.54, 1.807) is 0 Å². The highest BCUT2D eigenvalue weighted by Crippen LogP contribution is 2.06. The van der Waals surface area contributed by atoms with Crippen molar-refractivity contribution in [2.75, 3.05) is 20.6 Å². The molecule has 5 heteroatoms. The predicted molar refractivity (Wildman–Crippen MR) is 68.8 cm³/mol. The van der Waals surface area contributed by atoms with Crippen molar-refractivity contribution in [3.05, 3.63) is 29.8 Å². The summed E-state index contributed by atoms with van der Waals surface area (Å²) in [5.74, 6) is -0.571. The van der Waals surface area contributed by atoms with Gasteiger partial charge in [-0.05, 0) is 32.1 Å². The van der Waals surface area contributed by atoms with Gasteiger partial charge < -0.3 is 10.2 Å². The molecule has 0 aliphatic heterocycles. The van der Waals surface area contributed by atoms with E-state index in [0.29, 0.717) is 12.5 Å². The Morgan fingerprint density at radius 2 is 2.11 bits per heavy atom. The minimum Gasteiger partial charge on any atom is -0.349 e. The Bertz CT molecular complexity index is 399. The van der Waals surface area contributed by atoms with E-state index in [1.807, 2.05) is 14.1 Å². The molecule has 1 aromatic heterocycles. The molecule has 1 aromatic rings. The molecule has 100 valence electrons. The van der Waals surface area contributed by atoms with Gasteiger partial charge in [0.1, 0.15) is 5.69 Å². The summed E-state index contributed by atoms with van der Waals surface area (Å²) in [6, 6.07) is 4.43. The highest BCUT2D eigenvalue weighted by Gasteiger charge is 2.17. The smallest absolute Gasteiger partial charge is 0.270 e. The molecular formula is C13H20FN3O. The second-order valence-corrected chi connectivity index (χ2v) is 4.83. The van der Waals surface area contributed by atoms with Gasteiger partial charge in [-0.3, -0.25) is 4.79 Å². The summed E-state index contributed by atoms with van der Waals surface area (Å²) in [7, 11) is 3.94. The second-order valence-electron chi connectivity index (χ2n) is 4.83. The van der Waals surface area contributed by atoms with Gasteiger partial charge in [-0.1, -0.05) is 19.9 Å². The first-order valence-corrected chi connectivity index (χ1v) is 5.99. The van der Waals surface area contributed by atoms with Crippen LogP contribution in [0.5, 0.6) is 0 Å². The summed E-state index contributed by atoms with van der Waals surface area (Å²) < 4.78 is 12.9. The quantitative estimate of drug-likeness (QED) is 0.810. The van der Waals surface area contributed by atoms with Crippen LogP contribution >= 0.6 is 0 Å². The third kappa shape index (κ3) is 4.07. The lowest BCUT2D eigenvalue weighted by Crippen LogP contribution is -2.43. The molecule has 0 spiro atoms. The van der Waals surface area contributed by atoms with E-state index in [2.05, 4.69) is 29.0 Å². The van der Waals surface area contributed by atoms with E-state index in [9.17, 15) is 9.18 Å². The number of carbonyl (C=O) groups excluding carboxylic acids is 1. The maximum atomic E-state index is 12.9. The molecular weight excluding hydrogens is 233 g/mol. The topological polar surface area (TPSA) is 45.2 Å². The minimum atomic E-state index is -0.643. The Morgan fingerprint density at radius 1 is 1.44 bits per heavy atom. The summed E-state index contributed by atoms with van der Waals surface area (Å²) >= 11 is 0. The molecule has 0 fully saturated rings. The largest absolute Gasteiger partial charge is 0.349 e. The predicted octanol–water partition coefficient (Wildman–Crippen LogP) is 1.54. The summed E-state index contributed by atoms with van der Waals surface area (Å²) in [6.07, 6.45) is 0. The zero-order chi connectivity index (χ0) is 13.7. The third-order valence-corrected chi connectivity index (χ3v) is 2.85. The van der Waals surface area contributed by atoms with Gasteiger partial charge in [0, 0.05) is 12.6 Å². The third-order valence-electron chi connectivity index (χ3n) is 2.85. The van der Waals surface area contributed by atoms with E-state index in [0.717, 1.165) is 0 Å². The maximum absolute atomic E-state index is 12.9. The summed E-state index contributed by atoms with van der Waals surface area (Å²) in [5.41, 5.74) is 0.108. The summed E-state index contributed by atoms with van der Waals surface area (Å²) in [4.78, 5) is 17.4. The van der Waals surface area contributed by atoms with Crippen molar-refractivity contribution in [2.45, 2.75) is 19.9 Å². The van der Waals surface area contributed by atoms with Gasteiger partial charge >= 0.3 is 0 Å². The van der Waals surface area contributed by atoms with Gasteiger partial charge in [-0.2, -0.15) is 4.39 Å². The summed E-state index contributed by atoms with van der Waals surface area (Å²) in [6.45, 7) is 4.70. The van der Waals surface area contributed by atoms with E-state index in [4.69, 9.17) is 0 Å². The van der Waals surface area contributed by atoms with Crippen LogP contribution in [0, 0.1) is 11.9 Å². The SMILES string of the molecule is CC(C)C(CNC(=O)c1cccc(F)n1)N(C)C. The molecule has 0 saturated heterocycles. The van der Waals surface area contributed by atoms with Crippen LogP contribution in [0.3, 0.4) is 0 Å². The van der Waals surface area contributed by atoms with Crippen molar-refractivity contribution in [3.8, 4) is 0 Å². The average Bonchev–Trinajstić information content (AvgIpc) is 2.28. The first-order chi connectivity index (χ1) is 8.41. The lowest BCUT2D eigenvalue weighted by molar-refractivity contribution is 0.0928. The molecule has 0 bridgehead atoms. The van der Waals surface area contributed by atoms with Crippen LogP contribution < -0.4 is 5.32 Å². The second kappa shape index (κ2) is 6.44. The average molecular weight is 253 g/mol. The van der Waals surface area contributed by atoms with Crippen LogP contribution in [0.25, 0.3) is 0 Å². The van der Waals surface area contributed by atoms with E-state index >= 15 is 0 Å².